The molecule has 1 aromatic rings. The van der Waals surface area contributed by atoms with Crippen molar-refractivity contribution in [1.29, 1.82) is 0 Å². The third kappa shape index (κ3) is 2.69. The number of likely N-dealkylation sites (N-methyl/N-ethyl adjacent to an activating group) is 1. The van der Waals surface area contributed by atoms with Crippen LogP contribution in [-0.2, 0) is 4.74 Å². The van der Waals surface area contributed by atoms with Gasteiger partial charge in [-0.25, -0.2) is 4.98 Å². The largest absolute Gasteiger partial charge is 0.489 e. The van der Waals surface area contributed by atoms with E-state index in [4.69, 9.17) is 9.47 Å². The molecule has 0 aliphatic rings. The van der Waals surface area contributed by atoms with E-state index in [1.807, 2.05) is 7.05 Å². The Kier molecular flexibility index (Phi) is 4.11. The van der Waals surface area contributed by atoms with Gasteiger partial charge in [-0.15, -0.1) is 0 Å². The SMILES string of the molecule is COCCN(C)c1nc[nH]c(=O)c1OC. The molecule has 1 aromatic heterocycles. The molecule has 0 saturated carbocycles. The Balaban J connectivity index is 2.92. The molecule has 0 saturated heterocycles. The molecule has 1 rings (SSSR count). The van der Waals surface area contributed by atoms with E-state index in [0.717, 1.165) is 0 Å². The van der Waals surface area contributed by atoms with Crippen LogP contribution in [0.1, 0.15) is 0 Å². The summed E-state index contributed by atoms with van der Waals surface area (Å²) < 4.78 is 9.93. The van der Waals surface area contributed by atoms with Gasteiger partial charge in [0, 0.05) is 20.7 Å². The van der Waals surface area contributed by atoms with Crippen molar-refractivity contribution in [3.63, 3.8) is 0 Å². The van der Waals surface area contributed by atoms with Crippen LogP contribution in [0.4, 0.5) is 5.82 Å². The van der Waals surface area contributed by atoms with Gasteiger partial charge in [0.25, 0.3) is 5.56 Å². The number of aromatic nitrogens is 2. The molecule has 0 spiro atoms. The van der Waals surface area contributed by atoms with Gasteiger partial charge in [-0.1, -0.05) is 0 Å². The van der Waals surface area contributed by atoms with Crippen LogP contribution in [-0.4, -0.2) is 44.4 Å². The zero-order valence-corrected chi connectivity index (χ0v) is 9.11. The first kappa shape index (κ1) is 11.5. The van der Waals surface area contributed by atoms with Crippen molar-refractivity contribution < 1.29 is 9.47 Å². The molecule has 6 heteroatoms. The van der Waals surface area contributed by atoms with Gasteiger partial charge in [0.1, 0.15) is 0 Å². The number of nitrogens with zero attached hydrogens (tertiary/aromatic N) is 2. The van der Waals surface area contributed by atoms with Crippen LogP contribution < -0.4 is 15.2 Å². The monoisotopic (exact) mass is 213 g/mol. The third-order valence-electron chi connectivity index (χ3n) is 1.99. The fourth-order valence-electron chi connectivity index (χ4n) is 1.17. The highest BCUT2D eigenvalue weighted by molar-refractivity contribution is 5.49. The van der Waals surface area contributed by atoms with E-state index < -0.39 is 0 Å². The topological polar surface area (TPSA) is 67.5 Å². The van der Waals surface area contributed by atoms with Gasteiger partial charge in [-0.3, -0.25) is 4.79 Å². The quantitative estimate of drug-likeness (QED) is 0.737. The number of nitrogens with one attached hydrogen (secondary N) is 1. The number of hydrogen-bond acceptors (Lipinski definition) is 5. The van der Waals surface area contributed by atoms with Gasteiger partial charge < -0.3 is 19.4 Å². The molecule has 15 heavy (non-hydrogen) atoms. The molecule has 0 radical (unpaired) electrons. The lowest BCUT2D eigenvalue weighted by Gasteiger charge is -2.18. The first-order valence-corrected chi connectivity index (χ1v) is 4.52. The fourth-order valence-corrected chi connectivity index (χ4v) is 1.17. The van der Waals surface area contributed by atoms with Gasteiger partial charge >= 0.3 is 0 Å². The molecule has 0 atom stereocenters. The zero-order valence-electron chi connectivity index (χ0n) is 9.11. The molecular formula is C9H15N3O3. The summed E-state index contributed by atoms with van der Waals surface area (Å²) in [6.45, 7) is 1.21. The number of methoxy groups -OCH3 is 2. The zero-order chi connectivity index (χ0) is 11.3. The van der Waals surface area contributed by atoms with Crippen molar-refractivity contribution >= 4 is 5.82 Å². The minimum atomic E-state index is -0.285. The van der Waals surface area contributed by atoms with Crippen molar-refractivity contribution in [1.82, 2.24) is 9.97 Å². The van der Waals surface area contributed by atoms with Gasteiger partial charge in [0.2, 0.25) is 5.75 Å². The average molecular weight is 213 g/mol. The number of hydrogen-bond donors (Lipinski definition) is 1. The molecule has 0 aliphatic carbocycles. The van der Waals surface area contributed by atoms with Crippen LogP contribution >= 0.6 is 0 Å². The van der Waals surface area contributed by atoms with Gasteiger partial charge in [0.15, 0.2) is 5.82 Å². The molecule has 6 nitrogen and oxygen atoms in total. The molecule has 84 valence electrons. The molecule has 0 unspecified atom stereocenters. The second-order valence-corrected chi connectivity index (χ2v) is 3.00. The molecule has 0 aromatic carbocycles. The fraction of sp³-hybridized carbons (Fsp3) is 0.556. The molecule has 0 fully saturated rings. The maximum absolute atomic E-state index is 11.4. The Hall–Kier alpha value is -1.56. The van der Waals surface area contributed by atoms with Crippen LogP contribution in [0, 0.1) is 0 Å². The highest BCUT2D eigenvalue weighted by atomic mass is 16.5. The van der Waals surface area contributed by atoms with E-state index in [9.17, 15) is 4.79 Å². The maximum Gasteiger partial charge on any atom is 0.295 e. The maximum atomic E-state index is 11.4. The van der Waals surface area contributed by atoms with E-state index in [0.29, 0.717) is 19.0 Å². The number of rotatable bonds is 5. The second-order valence-electron chi connectivity index (χ2n) is 3.00. The lowest BCUT2D eigenvalue weighted by Crippen LogP contribution is -2.26. The summed E-state index contributed by atoms with van der Waals surface area (Å²) in [5, 5.41) is 0. The number of aromatic amines is 1. The van der Waals surface area contributed by atoms with Crippen LogP contribution in [0.15, 0.2) is 11.1 Å². The Morgan fingerprint density at radius 1 is 1.53 bits per heavy atom. The van der Waals surface area contributed by atoms with Gasteiger partial charge in [-0.05, 0) is 0 Å². The highest BCUT2D eigenvalue weighted by Crippen LogP contribution is 2.17. The Labute approximate surface area is 87.8 Å². The molecule has 0 aliphatic heterocycles. The number of H-pyrrole nitrogens is 1. The van der Waals surface area contributed by atoms with Gasteiger partial charge in [-0.2, -0.15) is 0 Å². The van der Waals surface area contributed by atoms with Crippen molar-refractivity contribution in [2.24, 2.45) is 0 Å². The first-order chi connectivity index (χ1) is 7.20. The van der Waals surface area contributed by atoms with E-state index in [1.54, 1.807) is 12.0 Å². The van der Waals surface area contributed by atoms with Crippen molar-refractivity contribution in [3.8, 4) is 5.75 Å². The van der Waals surface area contributed by atoms with Crippen LogP contribution in [0.25, 0.3) is 0 Å². The minimum Gasteiger partial charge on any atom is -0.489 e. The van der Waals surface area contributed by atoms with Crippen LogP contribution in [0.3, 0.4) is 0 Å². The predicted molar refractivity (Wildman–Crippen MR) is 56.6 cm³/mol. The normalized spacial score (nSPS) is 10.1. The first-order valence-electron chi connectivity index (χ1n) is 4.52. The Bertz CT molecular complexity index is 364. The molecule has 0 bridgehead atoms. The van der Waals surface area contributed by atoms with Crippen molar-refractivity contribution in [2.75, 3.05) is 39.3 Å². The summed E-state index contributed by atoms with van der Waals surface area (Å²) in [6, 6.07) is 0. The standard InChI is InChI=1S/C9H15N3O3/c1-12(4-5-14-2)8-7(15-3)9(13)11-6-10-8/h6H,4-5H2,1-3H3,(H,10,11,13). The highest BCUT2D eigenvalue weighted by Gasteiger charge is 2.12. The molecule has 0 amide bonds. The van der Waals surface area contributed by atoms with E-state index in [2.05, 4.69) is 9.97 Å². The third-order valence-corrected chi connectivity index (χ3v) is 1.99. The summed E-state index contributed by atoms with van der Waals surface area (Å²) in [5.74, 6) is 0.731. The predicted octanol–water partition coefficient (Wildman–Crippen LogP) is -0.139. The number of ether oxygens (including phenoxy) is 2. The van der Waals surface area contributed by atoms with Crippen molar-refractivity contribution in [2.45, 2.75) is 0 Å². The van der Waals surface area contributed by atoms with E-state index >= 15 is 0 Å². The molecule has 1 N–H and O–H groups in total. The van der Waals surface area contributed by atoms with Crippen LogP contribution in [0.2, 0.25) is 0 Å². The smallest absolute Gasteiger partial charge is 0.295 e. The summed E-state index contributed by atoms with van der Waals surface area (Å²) in [5.41, 5.74) is -0.285. The second kappa shape index (κ2) is 5.35. The Morgan fingerprint density at radius 2 is 2.27 bits per heavy atom. The number of anilines is 1. The molecular weight excluding hydrogens is 198 g/mol. The summed E-state index contributed by atoms with van der Waals surface area (Å²) >= 11 is 0. The summed E-state index contributed by atoms with van der Waals surface area (Å²) in [7, 11) is 4.89. The lowest BCUT2D eigenvalue weighted by molar-refractivity contribution is 0.206. The van der Waals surface area contributed by atoms with E-state index in [-0.39, 0.29) is 11.3 Å². The molecule has 1 heterocycles. The Morgan fingerprint density at radius 3 is 2.87 bits per heavy atom. The minimum absolute atomic E-state index is 0.219. The van der Waals surface area contributed by atoms with Gasteiger partial charge in [0.05, 0.1) is 20.0 Å². The average Bonchev–Trinajstić information content (AvgIpc) is 2.25. The van der Waals surface area contributed by atoms with Crippen molar-refractivity contribution in [3.05, 3.63) is 16.7 Å². The summed E-state index contributed by atoms with van der Waals surface area (Å²) in [4.78, 5) is 19.7. The van der Waals surface area contributed by atoms with E-state index in [1.165, 1.54) is 13.4 Å². The summed E-state index contributed by atoms with van der Waals surface area (Å²) in [6.07, 6.45) is 1.35. The lowest BCUT2D eigenvalue weighted by atomic mass is 10.4. The van der Waals surface area contributed by atoms with Crippen LogP contribution in [0.5, 0.6) is 5.75 Å².